The molecule has 0 aliphatic rings. The first-order chi connectivity index (χ1) is 9.43. The number of benzene rings is 1. The number of nitrogens with one attached hydrogen (secondary N) is 1. The maximum atomic E-state index is 11.8. The van der Waals surface area contributed by atoms with E-state index in [1.807, 2.05) is 0 Å². The monoisotopic (exact) mass is 295 g/mol. The van der Waals surface area contributed by atoms with Crippen molar-refractivity contribution in [2.75, 3.05) is 0 Å². The van der Waals surface area contributed by atoms with Crippen molar-refractivity contribution in [3.05, 3.63) is 40.9 Å². The number of carbonyl (C=O) groups is 2. The van der Waals surface area contributed by atoms with Gasteiger partial charge in [-0.05, 0) is 36.6 Å². The number of amides is 1. The van der Waals surface area contributed by atoms with E-state index in [4.69, 9.17) is 11.6 Å². The first kappa shape index (κ1) is 16.2. The lowest BCUT2D eigenvalue weighted by molar-refractivity contribution is -0.147. The Morgan fingerprint density at radius 2 is 2.00 bits per heavy atom. The van der Waals surface area contributed by atoms with Gasteiger partial charge in [0.15, 0.2) is 0 Å². The summed E-state index contributed by atoms with van der Waals surface area (Å²) in [7, 11) is 0. The number of aliphatic carboxylic acids is 1. The van der Waals surface area contributed by atoms with Crippen molar-refractivity contribution in [1.82, 2.24) is 5.32 Å². The molecule has 0 aliphatic heterocycles. The van der Waals surface area contributed by atoms with Crippen LogP contribution in [0.25, 0.3) is 6.08 Å². The fraction of sp³-hybridized carbons (Fsp3) is 0.333. The summed E-state index contributed by atoms with van der Waals surface area (Å²) in [5, 5.41) is 12.4. The number of halogens is 1. The second-order valence-electron chi connectivity index (χ2n) is 4.47. The Labute approximate surface area is 123 Å². The third-order valence-corrected chi connectivity index (χ3v) is 3.49. The summed E-state index contributed by atoms with van der Waals surface area (Å²) in [5.74, 6) is -1.46. The molecule has 0 atom stereocenters. The van der Waals surface area contributed by atoms with Crippen LogP contribution in [-0.2, 0) is 9.59 Å². The molecule has 0 fully saturated rings. The molecule has 4 nitrogen and oxygen atoms in total. The van der Waals surface area contributed by atoms with Gasteiger partial charge in [0, 0.05) is 11.1 Å². The van der Waals surface area contributed by atoms with E-state index in [0.29, 0.717) is 17.9 Å². The number of hydrogen-bond acceptors (Lipinski definition) is 2. The molecule has 0 spiro atoms. The highest BCUT2D eigenvalue weighted by Crippen LogP contribution is 2.16. The molecule has 2 N–H and O–H groups in total. The van der Waals surface area contributed by atoms with Gasteiger partial charge in [-0.15, -0.1) is 0 Å². The third kappa shape index (κ3) is 4.10. The summed E-state index contributed by atoms with van der Waals surface area (Å²) in [6.07, 6.45) is 3.57. The second-order valence-corrected chi connectivity index (χ2v) is 4.91. The van der Waals surface area contributed by atoms with Crippen LogP contribution in [0.3, 0.4) is 0 Å². The largest absolute Gasteiger partial charge is 0.480 e. The van der Waals surface area contributed by atoms with Crippen molar-refractivity contribution >= 4 is 29.6 Å². The first-order valence-electron chi connectivity index (χ1n) is 6.42. The highest BCUT2D eigenvalue weighted by Gasteiger charge is 2.35. The zero-order chi connectivity index (χ0) is 15.2. The summed E-state index contributed by atoms with van der Waals surface area (Å²) < 4.78 is 0. The van der Waals surface area contributed by atoms with Gasteiger partial charge in [-0.1, -0.05) is 37.6 Å². The molecule has 1 rings (SSSR count). The highest BCUT2D eigenvalue weighted by molar-refractivity contribution is 6.30. The van der Waals surface area contributed by atoms with Gasteiger partial charge in [-0.3, -0.25) is 4.79 Å². The molecule has 5 heteroatoms. The van der Waals surface area contributed by atoms with E-state index in [9.17, 15) is 14.7 Å². The molecule has 1 amide bonds. The predicted molar refractivity (Wildman–Crippen MR) is 79.6 cm³/mol. The Hall–Kier alpha value is -1.81. The van der Waals surface area contributed by atoms with Gasteiger partial charge in [-0.25, -0.2) is 4.79 Å². The summed E-state index contributed by atoms with van der Waals surface area (Å²) in [6, 6.07) is 7.04. The van der Waals surface area contributed by atoms with Crippen molar-refractivity contribution < 1.29 is 14.7 Å². The van der Waals surface area contributed by atoms with E-state index < -0.39 is 17.4 Å². The first-order valence-corrected chi connectivity index (χ1v) is 6.80. The number of carboxylic acids is 1. The van der Waals surface area contributed by atoms with Crippen molar-refractivity contribution in [1.29, 1.82) is 0 Å². The molecule has 0 aromatic heterocycles. The second kappa shape index (κ2) is 7.10. The lowest BCUT2D eigenvalue weighted by Crippen LogP contribution is -2.53. The predicted octanol–water partition coefficient (Wildman–Crippen LogP) is 3.11. The van der Waals surface area contributed by atoms with Crippen LogP contribution in [0, 0.1) is 0 Å². The van der Waals surface area contributed by atoms with Crippen LogP contribution >= 0.6 is 11.6 Å². The van der Waals surface area contributed by atoms with Gasteiger partial charge >= 0.3 is 5.97 Å². The van der Waals surface area contributed by atoms with E-state index in [-0.39, 0.29) is 0 Å². The smallest absolute Gasteiger partial charge is 0.329 e. The van der Waals surface area contributed by atoms with Crippen molar-refractivity contribution in [3.8, 4) is 0 Å². The normalized spacial score (nSPS) is 11.6. The van der Waals surface area contributed by atoms with Gasteiger partial charge in [0.2, 0.25) is 5.91 Å². The molecule has 0 aliphatic carbocycles. The zero-order valence-corrected chi connectivity index (χ0v) is 12.3. The van der Waals surface area contributed by atoms with E-state index in [0.717, 1.165) is 5.56 Å². The molecular weight excluding hydrogens is 278 g/mol. The van der Waals surface area contributed by atoms with Crippen LogP contribution in [0.4, 0.5) is 0 Å². The summed E-state index contributed by atoms with van der Waals surface area (Å²) >= 11 is 5.84. The molecule has 0 saturated heterocycles. The maximum absolute atomic E-state index is 11.8. The van der Waals surface area contributed by atoms with Crippen molar-refractivity contribution in [2.45, 2.75) is 32.2 Å². The van der Waals surface area contributed by atoms with Gasteiger partial charge in [0.1, 0.15) is 5.54 Å². The lowest BCUT2D eigenvalue weighted by atomic mass is 9.93. The van der Waals surface area contributed by atoms with Crippen LogP contribution in [0.5, 0.6) is 0 Å². The fourth-order valence-corrected chi connectivity index (χ4v) is 2.04. The van der Waals surface area contributed by atoms with Gasteiger partial charge in [0.05, 0.1) is 0 Å². The zero-order valence-electron chi connectivity index (χ0n) is 11.5. The average molecular weight is 296 g/mol. The molecule has 20 heavy (non-hydrogen) atoms. The SMILES string of the molecule is CCC(CC)(NC(=O)C=Cc1cccc(Cl)c1)C(=O)O. The number of rotatable bonds is 6. The van der Waals surface area contributed by atoms with Crippen LogP contribution in [-0.4, -0.2) is 22.5 Å². The molecule has 0 radical (unpaired) electrons. The summed E-state index contributed by atoms with van der Waals surface area (Å²) in [6.45, 7) is 3.47. The quantitative estimate of drug-likeness (QED) is 0.793. The van der Waals surface area contributed by atoms with E-state index in [2.05, 4.69) is 5.32 Å². The Kier molecular flexibility index (Phi) is 5.77. The Balaban J connectivity index is 2.79. The van der Waals surface area contributed by atoms with Crippen LogP contribution < -0.4 is 5.32 Å². The minimum absolute atomic E-state index is 0.329. The van der Waals surface area contributed by atoms with Crippen molar-refractivity contribution in [3.63, 3.8) is 0 Å². The Morgan fingerprint density at radius 1 is 1.35 bits per heavy atom. The van der Waals surface area contributed by atoms with Gasteiger partial charge < -0.3 is 10.4 Å². The molecular formula is C15H18ClNO3. The molecule has 1 aromatic carbocycles. The Bertz CT molecular complexity index is 522. The molecule has 0 saturated carbocycles. The fourth-order valence-electron chi connectivity index (χ4n) is 1.84. The van der Waals surface area contributed by atoms with Crippen LogP contribution in [0.1, 0.15) is 32.3 Å². The molecule has 1 aromatic rings. The highest BCUT2D eigenvalue weighted by atomic mass is 35.5. The maximum Gasteiger partial charge on any atom is 0.329 e. The molecule has 108 valence electrons. The van der Waals surface area contributed by atoms with E-state index in [1.54, 1.807) is 44.2 Å². The third-order valence-electron chi connectivity index (χ3n) is 3.25. The van der Waals surface area contributed by atoms with Gasteiger partial charge in [-0.2, -0.15) is 0 Å². The average Bonchev–Trinajstić information content (AvgIpc) is 2.42. The minimum atomic E-state index is -1.21. The van der Waals surface area contributed by atoms with Crippen molar-refractivity contribution in [2.24, 2.45) is 0 Å². The number of carboxylic acid groups (broad SMARTS) is 1. The standard InChI is InChI=1S/C15H18ClNO3/c1-3-15(4-2,14(19)20)17-13(18)9-8-11-6-5-7-12(16)10-11/h5-10H,3-4H2,1-2H3,(H,17,18)(H,19,20). The Morgan fingerprint density at radius 3 is 2.50 bits per heavy atom. The van der Waals surface area contributed by atoms with E-state index >= 15 is 0 Å². The molecule has 0 unspecified atom stereocenters. The summed E-state index contributed by atoms with van der Waals surface area (Å²) in [5.41, 5.74) is -0.433. The van der Waals surface area contributed by atoms with E-state index in [1.165, 1.54) is 6.08 Å². The summed E-state index contributed by atoms with van der Waals surface area (Å²) in [4.78, 5) is 23.1. The van der Waals surface area contributed by atoms with Crippen LogP contribution in [0.2, 0.25) is 5.02 Å². The lowest BCUT2D eigenvalue weighted by Gasteiger charge is -2.27. The van der Waals surface area contributed by atoms with Crippen LogP contribution in [0.15, 0.2) is 30.3 Å². The number of hydrogen-bond donors (Lipinski definition) is 2. The minimum Gasteiger partial charge on any atom is -0.480 e. The number of carbonyl (C=O) groups excluding carboxylic acids is 1. The van der Waals surface area contributed by atoms with Gasteiger partial charge in [0.25, 0.3) is 0 Å². The molecule has 0 bridgehead atoms. The topological polar surface area (TPSA) is 66.4 Å². The molecule has 0 heterocycles.